The molecule has 0 spiro atoms. The number of nitrogens with one attached hydrogen (secondary N) is 1. The molecular weight excluding hydrogens is 292 g/mol. The van der Waals surface area contributed by atoms with E-state index < -0.39 is 35.8 Å². The van der Waals surface area contributed by atoms with Gasteiger partial charge in [0.15, 0.2) is 0 Å². The lowest BCUT2D eigenvalue weighted by molar-refractivity contribution is -0.155. The number of benzene rings is 1. The van der Waals surface area contributed by atoms with Crippen LogP contribution in [0.3, 0.4) is 0 Å². The van der Waals surface area contributed by atoms with Crippen molar-refractivity contribution >= 4 is 28.8 Å². The Balaban J connectivity index is 2.60. The molecule has 0 aliphatic rings. The summed E-state index contributed by atoms with van der Waals surface area (Å²) in [5, 5.41) is 28.2. The van der Waals surface area contributed by atoms with Crippen molar-refractivity contribution in [2.24, 2.45) is 11.7 Å². The molecular formula is C14H14N2O6. The monoisotopic (exact) mass is 306 g/mol. The second-order valence-corrected chi connectivity index (χ2v) is 4.83. The number of H-pyrrole nitrogens is 1. The summed E-state index contributed by atoms with van der Waals surface area (Å²) in [6.45, 7) is 0. The maximum absolute atomic E-state index is 11.6. The van der Waals surface area contributed by atoms with Gasteiger partial charge in [-0.3, -0.25) is 14.4 Å². The molecule has 0 bridgehead atoms. The van der Waals surface area contributed by atoms with E-state index in [0.717, 1.165) is 0 Å². The number of aliphatic carboxylic acids is 3. The summed E-state index contributed by atoms with van der Waals surface area (Å²) in [4.78, 5) is 36.9. The number of fused-ring (bicyclic) bond motifs is 1. The number of hydrogen-bond donors (Lipinski definition) is 5. The van der Waals surface area contributed by atoms with E-state index in [-0.39, 0.29) is 5.56 Å². The lowest BCUT2D eigenvalue weighted by Gasteiger charge is -2.23. The molecule has 0 saturated carbocycles. The van der Waals surface area contributed by atoms with Gasteiger partial charge in [0, 0.05) is 17.1 Å². The molecule has 22 heavy (non-hydrogen) atoms. The van der Waals surface area contributed by atoms with Gasteiger partial charge >= 0.3 is 17.9 Å². The summed E-state index contributed by atoms with van der Waals surface area (Å²) in [6, 6.07) is 4.89. The number of carbonyl (C=O) groups is 3. The first-order valence-corrected chi connectivity index (χ1v) is 6.34. The van der Waals surface area contributed by atoms with Crippen LogP contribution in [0.1, 0.15) is 11.5 Å². The molecule has 0 fully saturated rings. The van der Waals surface area contributed by atoms with Gasteiger partial charge in [0.25, 0.3) is 0 Å². The number of para-hydroxylation sites is 1. The fraction of sp³-hybridized carbons (Fsp3) is 0.214. The van der Waals surface area contributed by atoms with E-state index in [1.54, 1.807) is 24.3 Å². The van der Waals surface area contributed by atoms with E-state index in [4.69, 9.17) is 10.8 Å². The topological polar surface area (TPSA) is 154 Å². The van der Waals surface area contributed by atoms with Crippen LogP contribution in [-0.2, 0) is 14.4 Å². The average molecular weight is 306 g/mol. The van der Waals surface area contributed by atoms with Gasteiger partial charge in [-0.05, 0) is 11.6 Å². The third kappa shape index (κ3) is 2.63. The first-order chi connectivity index (χ1) is 10.3. The van der Waals surface area contributed by atoms with Crippen LogP contribution in [0.2, 0.25) is 0 Å². The minimum atomic E-state index is -1.84. The van der Waals surface area contributed by atoms with Crippen LogP contribution in [0.15, 0.2) is 30.5 Å². The van der Waals surface area contributed by atoms with Crippen LogP contribution >= 0.6 is 0 Å². The first-order valence-electron chi connectivity index (χ1n) is 6.34. The molecule has 1 aromatic carbocycles. The molecule has 2 rings (SSSR count). The van der Waals surface area contributed by atoms with Crippen molar-refractivity contribution in [3.63, 3.8) is 0 Å². The summed E-state index contributed by atoms with van der Waals surface area (Å²) in [5.74, 6) is -7.98. The van der Waals surface area contributed by atoms with Crippen molar-refractivity contribution in [2.75, 3.05) is 0 Å². The maximum atomic E-state index is 11.6. The number of aromatic nitrogens is 1. The predicted molar refractivity (Wildman–Crippen MR) is 75.4 cm³/mol. The Morgan fingerprint density at radius 1 is 1.00 bits per heavy atom. The van der Waals surface area contributed by atoms with E-state index >= 15 is 0 Å². The minimum Gasteiger partial charge on any atom is -0.481 e. The molecule has 2 aromatic rings. The Labute approximate surface area is 124 Å². The minimum absolute atomic E-state index is 0.187. The van der Waals surface area contributed by atoms with Gasteiger partial charge in [-0.15, -0.1) is 0 Å². The van der Waals surface area contributed by atoms with E-state index in [9.17, 15) is 24.6 Å². The van der Waals surface area contributed by atoms with E-state index in [2.05, 4.69) is 4.98 Å². The van der Waals surface area contributed by atoms with Gasteiger partial charge in [0.1, 0.15) is 6.04 Å². The summed E-state index contributed by atoms with van der Waals surface area (Å²) in [6.07, 6.45) is 1.37. The van der Waals surface area contributed by atoms with Crippen LogP contribution in [0.4, 0.5) is 0 Å². The van der Waals surface area contributed by atoms with Gasteiger partial charge < -0.3 is 26.0 Å². The Kier molecular flexibility index (Phi) is 4.13. The zero-order valence-electron chi connectivity index (χ0n) is 11.3. The lowest BCUT2D eigenvalue weighted by atomic mass is 9.81. The Bertz CT molecular complexity index is 738. The highest BCUT2D eigenvalue weighted by molar-refractivity contribution is 5.94. The molecule has 2 unspecified atom stereocenters. The normalized spacial score (nSPS) is 15.1. The van der Waals surface area contributed by atoms with Crippen LogP contribution in [0.25, 0.3) is 10.9 Å². The molecule has 0 aliphatic heterocycles. The van der Waals surface area contributed by atoms with Crippen molar-refractivity contribution in [3.05, 3.63) is 36.0 Å². The number of carboxylic acids is 3. The molecule has 116 valence electrons. The molecule has 0 aliphatic carbocycles. The standard InChI is InChI=1S/C14H14N2O6/c15-11(14(21)22)10(13(19)20)9(12(17)18)7-5-16-8-4-2-1-3-6(7)8/h1-5,9-11,16H,15H2,(H,17,18)(H,19,20)(H,21,22)/t9?,10?,11-/m0/s1. The van der Waals surface area contributed by atoms with Crippen LogP contribution in [0.5, 0.6) is 0 Å². The number of carboxylic acid groups (broad SMARTS) is 3. The maximum Gasteiger partial charge on any atom is 0.321 e. The smallest absolute Gasteiger partial charge is 0.321 e. The SMILES string of the molecule is N[C@H](C(=O)O)C(C(=O)O)C(C(=O)O)c1c[nH]c2ccccc12. The van der Waals surface area contributed by atoms with Gasteiger partial charge in [0.05, 0.1) is 11.8 Å². The fourth-order valence-corrected chi connectivity index (χ4v) is 2.49. The molecule has 8 nitrogen and oxygen atoms in total. The Hall–Kier alpha value is -2.87. The van der Waals surface area contributed by atoms with E-state index in [1.807, 2.05) is 0 Å². The van der Waals surface area contributed by atoms with Crippen molar-refractivity contribution in [1.82, 2.24) is 4.98 Å². The number of hydrogen-bond acceptors (Lipinski definition) is 4. The third-order valence-corrected chi connectivity index (χ3v) is 3.54. The number of rotatable bonds is 6. The van der Waals surface area contributed by atoms with Crippen LogP contribution in [0, 0.1) is 5.92 Å². The Morgan fingerprint density at radius 2 is 1.64 bits per heavy atom. The third-order valence-electron chi connectivity index (χ3n) is 3.54. The summed E-state index contributed by atoms with van der Waals surface area (Å²) in [7, 11) is 0. The molecule has 1 aromatic heterocycles. The first kappa shape index (κ1) is 15.5. The Morgan fingerprint density at radius 3 is 2.18 bits per heavy atom. The number of aromatic amines is 1. The summed E-state index contributed by atoms with van der Waals surface area (Å²) >= 11 is 0. The van der Waals surface area contributed by atoms with Crippen molar-refractivity contribution < 1.29 is 29.7 Å². The fourth-order valence-electron chi connectivity index (χ4n) is 2.49. The van der Waals surface area contributed by atoms with Crippen molar-refractivity contribution in [3.8, 4) is 0 Å². The second-order valence-electron chi connectivity index (χ2n) is 4.83. The molecule has 0 radical (unpaired) electrons. The highest BCUT2D eigenvalue weighted by atomic mass is 16.4. The number of nitrogens with two attached hydrogens (primary N) is 1. The molecule has 1 heterocycles. The predicted octanol–water partition coefficient (Wildman–Crippen LogP) is 0.449. The summed E-state index contributed by atoms with van der Waals surface area (Å²) < 4.78 is 0. The quantitative estimate of drug-likeness (QED) is 0.519. The van der Waals surface area contributed by atoms with Gasteiger partial charge in [0.2, 0.25) is 0 Å². The molecule has 0 amide bonds. The van der Waals surface area contributed by atoms with Crippen molar-refractivity contribution in [2.45, 2.75) is 12.0 Å². The molecule has 3 atom stereocenters. The summed E-state index contributed by atoms with van der Waals surface area (Å²) in [5.41, 5.74) is 6.21. The van der Waals surface area contributed by atoms with Gasteiger partial charge in [-0.2, -0.15) is 0 Å². The highest BCUT2D eigenvalue weighted by Crippen LogP contribution is 2.33. The zero-order valence-corrected chi connectivity index (χ0v) is 11.3. The van der Waals surface area contributed by atoms with Crippen LogP contribution < -0.4 is 5.73 Å². The van der Waals surface area contributed by atoms with Gasteiger partial charge in [-0.25, -0.2) is 0 Å². The van der Waals surface area contributed by atoms with Gasteiger partial charge in [-0.1, -0.05) is 18.2 Å². The van der Waals surface area contributed by atoms with E-state index in [0.29, 0.717) is 10.9 Å². The second kappa shape index (κ2) is 5.86. The van der Waals surface area contributed by atoms with Crippen LogP contribution in [-0.4, -0.2) is 44.3 Å². The molecule has 8 heteroatoms. The highest BCUT2D eigenvalue weighted by Gasteiger charge is 2.43. The molecule has 0 saturated heterocycles. The lowest BCUT2D eigenvalue weighted by Crippen LogP contribution is -2.46. The molecule has 6 N–H and O–H groups in total. The van der Waals surface area contributed by atoms with Crippen molar-refractivity contribution in [1.29, 1.82) is 0 Å². The van der Waals surface area contributed by atoms with E-state index in [1.165, 1.54) is 6.20 Å². The largest absolute Gasteiger partial charge is 0.481 e. The average Bonchev–Trinajstić information content (AvgIpc) is 2.86. The zero-order chi connectivity index (χ0) is 16.4.